The lowest BCUT2D eigenvalue weighted by molar-refractivity contribution is -0.385. The number of thiazole rings is 1. The molecule has 94 valence electrons. The van der Waals surface area contributed by atoms with Crippen molar-refractivity contribution in [1.29, 1.82) is 0 Å². The molecule has 0 amide bonds. The number of benzene rings is 1. The van der Waals surface area contributed by atoms with E-state index in [0.717, 1.165) is 16.3 Å². The van der Waals surface area contributed by atoms with Crippen molar-refractivity contribution in [3.8, 4) is 0 Å². The van der Waals surface area contributed by atoms with Gasteiger partial charge in [0.2, 0.25) is 0 Å². The van der Waals surface area contributed by atoms with Crippen molar-refractivity contribution in [3.05, 3.63) is 55.5 Å². The van der Waals surface area contributed by atoms with Gasteiger partial charge in [0.05, 0.1) is 21.5 Å². The number of aromatic nitrogens is 1. The lowest BCUT2D eigenvalue weighted by Gasteiger charge is -2.01. The van der Waals surface area contributed by atoms with Gasteiger partial charge >= 0.3 is 0 Å². The molecular weight excluding hydrogens is 272 g/mol. The number of aryl methyl sites for hydroxylation is 1. The second-order valence-electron chi connectivity index (χ2n) is 3.92. The maximum absolute atomic E-state index is 10.9. The highest BCUT2D eigenvalue weighted by Gasteiger charge is 2.12. The maximum atomic E-state index is 10.9. The van der Waals surface area contributed by atoms with Crippen LogP contribution in [0.3, 0.4) is 0 Å². The van der Waals surface area contributed by atoms with E-state index >= 15 is 0 Å². The first-order valence-electron chi connectivity index (χ1n) is 5.33. The number of rotatable bonds is 4. The van der Waals surface area contributed by atoms with Gasteiger partial charge in [-0.2, -0.15) is 0 Å². The van der Waals surface area contributed by atoms with Crippen molar-refractivity contribution < 1.29 is 4.92 Å². The third-order valence-corrected chi connectivity index (χ3v) is 3.73. The molecule has 0 unspecified atom stereocenters. The highest BCUT2D eigenvalue weighted by atomic mass is 35.5. The first-order chi connectivity index (χ1) is 8.60. The fraction of sp³-hybridized carbons (Fsp3) is 0.250. The molecule has 1 aromatic heterocycles. The van der Waals surface area contributed by atoms with Gasteiger partial charge in [-0.1, -0.05) is 12.1 Å². The van der Waals surface area contributed by atoms with Gasteiger partial charge in [-0.25, -0.2) is 4.98 Å². The Bertz CT molecular complexity index is 583. The van der Waals surface area contributed by atoms with E-state index in [-0.39, 0.29) is 10.6 Å². The van der Waals surface area contributed by atoms with Crippen LogP contribution in [0.25, 0.3) is 0 Å². The van der Waals surface area contributed by atoms with Crippen LogP contribution < -0.4 is 0 Å². The van der Waals surface area contributed by atoms with Crippen LogP contribution in [0.2, 0.25) is 0 Å². The van der Waals surface area contributed by atoms with Gasteiger partial charge in [0.25, 0.3) is 5.69 Å². The molecule has 0 radical (unpaired) electrons. The van der Waals surface area contributed by atoms with Crippen LogP contribution in [0.4, 0.5) is 5.69 Å². The van der Waals surface area contributed by atoms with Crippen molar-refractivity contribution in [3.63, 3.8) is 0 Å². The van der Waals surface area contributed by atoms with E-state index < -0.39 is 0 Å². The Labute approximate surface area is 113 Å². The number of hydrogen-bond acceptors (Lipinski definition) is 4. The number of alkyl halides is 1. The molecule has 0 aliphatic rings. The van der Waals surface area contributed by atoms with Gasteiger partial charge in [-0.15, -0.1) is 22.9 Å². The van der Waals surface area contributed by atoms with Crippen molar-refractivity contribution in [2.45, 2.75) is 19.2 Å². The first-order valence-corrected chi connectivity index (χ1v) is 6.74. The Hall–Kier alpha value is -1.46. The minimum absolute atomic E-state index is 0.154. The van der Waals surface area contributed by atoms with Crippen molar-refractivity contribution in [2.24, 2.45) is 0 Å². The Morgan fingerprint density at radius 3 is 2.89 bits per heavy atom. The van der Waals surface area contributed by atoms with Crippen LogP contribution in [0.1, 0.15) is 21.8 Å². The van der Waals surface area contributed by atoms with Crippen LogP contribution in [0.15, 0.2) is 23.6 Å². The molecule has 6 heteroatoms. The van der Waals surface area contributed by atoms with Crippen LogP contribution in [0, 0.1) is 17.0 Å². The van der Waals surface area contributed by atoms with Gasteiger partial charge in [-0.05, 0) is 12.5 Å². The van der Waals surface area contributed by atoms with Crippen LogP contribution >= 0.6 is 22.9 Å². The van der Waals surface area contributed by atoms with E-state index in [1.54, 1.807) is 19.1 Å². The topological polar surface area (TPSA) is 56.0 Å². The molecule has 0 N–H and O–H groups in total. The summed E-state index contributed by atoms with van der Waals surface area (Å²) in [7, 11) is 0. The second kappa shape index (κ2) is 5.46. The predicted molar refractivity (Wildman–Crippen MR) is 72.3 cm³/mol. The third kappa shape index (κ3) is 2.86. The fourth-order valence-electron chi connectivity index (χ4n) is 1.63. The molecule has 0 aliphatic carbocycles. The summed E-state index contributed by atoms with van der Waals surface area (Å²) in [4.78, 5) is 14.8. The monoisotopic (exact) mass is 282 g/mol. The van der Waals surface area contributed by atoms with E-state index in [9.17, 15) is 10.1 Å². The molecule has 0 saturated carbocycles. The lowest BCUT2D eigenvalue weighted by Crippen LogP contribution is -1.95. The zero-order valence-corrected chi connectivity index (χ0v) is 11.3. The van der Waals surface area contributed by atoms with Crippen LogP contribution in [-0.2, 0) is 12.3 Å². The summed E-state index contributed by atoms with van der Waals surface area (Å²) in [5.74, 6) is 0.393. The van der Waals surface area contributed by atoms with E-state index in [0.29, 0.717) is 17.9 Å². The summed E-state index contributed by atoms with van der Waals surface area (Å²) in [6.45, 7) is 1.73. The second-order valence-corrected chi connectivity index (χ2v) is 5.13. The van der Waals surface area contributed by atoms with Gasteiger partial charge in [0.1, 0.15) is 0 Å². The minimum atomic E-state index is -0.356. The Balaban J connectivity index is 2.24. The van der Waals surface area contributed by atoms with Crippen LogP contribution in [-0.4, -0.2) is 9.91 Å². The molecule has 2 rings (SSSR count). The maximum Gasteiger partial charge on any atom is 0.272 e. The smallest absolute Gasteiger partial charge is 0.258 e. The average molecular weight is 283 g/mol. The zero-order chi connectivity index (χ0) is 13.1. The summed E-state index contributed by atoms with van der Waals surface area (Å²) in [6.07, 6.45) is 0.600. The molecule has 4 nitrogen and oxygen atoms in total. The molecule has 18 heavy (non-hydrogen) atoms. The molecule has 0 spiro atoms. The number of nitrogens with zero attached hydrogens (tertiary/aromatic N) is 2. The highest BCUT2D eigenvalue weighted by Crippen LogP contribution is 2.22. The van der Waals surface area contributed by atoms with Crippen molar-refractivity contribution >= 4 is 28.6 Å². The highest BCUT2D eigenvalue weighted by molar-refractivity contribution is 7.09. The van der Waals surface area contributed by atoms with Gasteiger partial charge < -0.3 is 0 Å². The third-order valence-electron chi connectivity index (χ3n) is 2.56. The summed E-state index contributed by atoms with van der Waals surface area (Å²) in [5.41, 5.74) is 2.56. The zero-order valence-electron chi connectivity index (χ0n) is 9.72. The Kier molecular flexibility index (Phi) is 3.93. The van der Waals surface area contributed by atoms with Crippen molar-refractivity contribution in [2.75, 3.05) is 0 Å². The van der Waals surface area contributed by atoms with E-state index in [1.165, 1.54) is 11.3 Å². The summed E-state index contributed by atoms with van der Waals surface area (Å²) in [5, 5.41) is 13.7. The molecule has 0 bridgehead atoms. The molecule has 1 heterocycles. The van der Waals surface area contributed by atoms with Gasteiger partial charge in [0, 0.05) is 23.4 Å². The van der Waals surface area contributed by atoms with Gasteiger partial charge in [-0.3, -0.25) is 10.1 Å². The van der Waals surface area contributed by atoms with Gasteiger partial charge in [0.15, 0.2) is 0 Å². The molecule has 0 saturated heterocycles. The number of halogens is 1. The number of hydrogen-bond donors (Lipinski definition) is 0. The predicted octanol–water partition coefficient (Wildman–Crippen LogP) is 3.69. The normalized spacial score (nSPS) is 10.6. The molecular formula is C12H11ClN2O2S. The lowest BCUT2D eigenvalue weighted by atomic mass is 10.1. The van der Waals surface area contributed by atoms with E-state index in [4.69, 9.17) is 11.6 Å². The molecule has 2 aromatic rings. The molecule has 0 aliphatic heterocycles. The quantitative estimate of drug-likeness (QED) is 0.488. The summed E-state index contributed by atoms with van der Waals surface area (Å²) < 4.78 is 0. The average Bonchev–Trinajstić information content (AvgIpc) is 2.79. The fourth-order valence-corrected chi connectivity index (χ4v) is 2.68. The molecule has 0 atom stereocenters. The van der Waals surface area contributed by atoms with Crippen LogP contribution in [0.5, 0.6) is 0 Å². The SMILES string of the molecule is Cc1ccc(Cc2nc(CCl)cs2)cc1[N+](=O)[O-]. The summed E-state index contributed by atoms with van der Waals surface area (Å²) in [6, 6.07) is 5.27. The first kappa shape index (κ1) is 13.0. The summed E-state index contributed by atoms with van der Waals surface area (Å²) >= 11 is 7.21. The molecule has 0 fully saturated rings. The Morgan fingerprint density at radius 2 is 2.28 bits per heavy atom. The standard InChI is InChI=1S/C12H11ClN2O2S/c1-8-2-3-9(4-11(8)15(16)17)5-12-14-10(6-13)7-18-12/h2-4,7H,5-6H2,1H3. The van der Waals surface area contributed by atoms with E-state index in [1.807, 2.05) is 11.4 Å². The largest absolute Gasteiger partial charge is 0.272 e. The minimum Gasteiger partial charge on any atom is -0.258 e. The van der Waals surface area contributed by atoms with E-state index in [2.05, 4.69) is 4.98 Å². The molecule has 1 aromatic carbocycles. The number of nitro benzene ring substituents is 1. The number of nitro groups is 1. The van der Waals surface area contributed by atoms with Crippen molar-refractivity contribution in [1.82, 2.24) is 4.98 Å². The Morgan fingerprint density at radius 1 is 1.50 bits per heavy atom.